The van der Waals surface area contributed by atoms with Crippen LogP contribution in [-0.4, -0.2) is 55.1 Å². The minimum Gasteiger partial charge on any atom is -0.466 e. The van der Waals surface area contributed by atoms with E-state index in [2.05, 4.69) is 70.5 Å². The summed E-state index contributed by atoms with van der Waals surface area (Å²) in [7, 11) is 0. The molecule has 0 saturated carbocycles. The van der Waals surface area contributed by atoms with E-state index in [4.69, 9.17) is 4.74 Å². The summed E-state index contributed by atoms with van der Waals surface area (Å²) in [6, 6.07) is 21.8. The van der Waals surface area contributed by atoms with Gasteiger partial charge in [-0.15, -0.1) is 0 Å². The van der Waals surface area contributed by atoms with Crippen LogP contribution in [0.5, 0.6) is 0 Å². The number of rotatable bonds is 7. The monoisotopic (exact) mass is 406 g/mol. The summed E-state index contributed by atoms with van der Waals surface area (Å²) < 4.78 is 5.23. The molecule has 0 unspecified atom stereocenters. The van der Waals surface area contributed by atoms with Gasteiger partial charge in [-0.25, -0.2) is 0 Å². The number of hydrogen-bond donors (Lipinski definition) is 0. The highest BCUT2D eigenvalue weighted by atomic mass is 16.5. The number of nitrogens with zero attached hydrogens (tertiary/aromatic N) is 2. The molecule has 2 atom stereocenters. The smallest absolute Gasteiger partial charge is 0.309 e. The molecule has 2 heterocycles. The van der Waals surface area contributed by atoms with Gasteiger partial charge < -0.3 is 9.64 Å². The van der Waals surface area contributed by atoms with E-state index in [9.17, 15) is 4.79 Å². The van der Waals surface area contributed by atoms with Crippen molar-refractivity contribution < 1.29 is 9.53 Å². The number of carbonyl (C=O) groups is 1. The SMILES string of the molecule is CCOC(=O)C1CCN(C[C@H]2CN(Cc3ccccc3)C[C@@H]2c2ccccc2)CC1. The number of ether oxygens (including phenoxy) is 1. The molecule has 0 aromatic heterocycles. The van der Waals surface area contributed by atoms with Crippen molar-refractivity contribution in [3.8, 4) is 0 Å². The van der Waals surface area contributed by atoms with Gasteiger partial charge in [-0.3, -0.25) is 9.69 Å². The molecule has 2 aliphatic heterocycles. The van der Waals surface area contributed by atoms with Gasteiger partial charge in [0.25, 0.3) is 0 Å². The van der Waals surface area contributed by atoms with Crippen LogP contribution in [0.25, 0.3) is 0 Å². The number of esters is 1. The molecule has 0 N–H and O–H groups in total. The van der Waals surface area contributed by atoms with Crippen molar-refractivity contribution in [3.05, 3.63) is 71.8 Å². The summed E-state index contributed by atoms with van der Waals surface area (Å²) in [6.45, 7) is 8.75. The molecule has 4 heteroatoms. The molecule has 2 saturated heterocycles. The molecule has 0 aliphatic carbocycles. The second-order valence-corrected chi connectivity index (χ2v) is 8.78. The highest BCUT2D eigenvalue weighted by molar-refractivity contribution is 5.72. The second-order valence-electron chi connectivity index (χ2n) is 8.78. The van der Waals surface area contributed by atoms with Gasteiger partial charge >= 0.3 is 5.97 Å². The van der Waals surface area contributed by atoms with E-state index in [0.29, 0.717) is 18.4 Å². The van der Waals surface area contributed by atoms with Gasteiger partial charge in [0.15, 0.2) is 0 Å². The molecule has 2 aromatic carbocycles. The summed E-state index contributed by atoms with van der Waals surface area (Å²) in [4.78, 5) is 17.2. The molecule has 0 amide bonds. The predicted molar refractivity (Wildman–Crippen MR) is 120 cm³/mol. The van der Waals surface area contributed by atoms with Crippen LogP contribution in [0.2, 0.25) is 0 Å². The van der Waals surface area contributed by atoms with Gasteiger partial charge in [-0.2, -0.15) is 0 Å². The van der Waals surface area contributed by atoms with E-state index in [1.807, 2.05) is 6.92 Å². The van der Waals surface area contributed by atoms with E-state index >= 15 is 0 Å². The third-order valence-corrected chi connectivity index (χ3v) is 6.69. The lowest BCUT2D eigenvalue weighted by Gasteiger charge is -2.33. The molecular weight excluding hydrogens is 372 g/mol. The number of piperidine rings is 1. The zero-order valence-electron chi connectivity index (χ0n) is 18.1. The van der Waals surface area contributed by atoms with Crippen molar-refractivity contribution in [2.75, 3.05) is 39.3 Å². The minimum absolute atomic E-state index is 0.00536. The van der Waals surface area contributed by atoms with E-state index in [-0.39, 0.29) is 11.9 Å². The van der Waals surface area contributed by atoms with Crippen LogP contribution in [0.1, 0.15) is 36.8 Å². The van der Waals surface area contributed by atoms with Gasteiger partial charge in [-0.05, 0) is 49.9 Å². The van der Waals surface area contributed by atoms with Crippen LogP contribution >= 0.6 is 0 Å². The Bertz CT molecular complexity index is 787. The number of carbonyl (C=O) groups excluding carboxylic acids is 1. The molecular formula is C26H34N2O2. The average Bonchev–Trinajstić information content (AvgIpc) is 3.17. The Kier molecular flexibility index (Phi) is 7.19. The second kappa shape index (κ2) is 10.2. The van der Waals surface area contributed by atoms with Crippen LogP contribution in [0.4, 0.5) is 0 Å². The van der Waals surface area contributed by atoms with Crippen LogP contribution in [-0.2, 0) is 16.1 Å². The van der Waals surface area contributed by atoms with Crippen molar-refractivity contribution in [1.82, 2.24) is 9.80 Å². The van der Waals surface area contributed by atoms with Gasteiger partial charge in [0.1, 0.15) is 0 Å². The molecule has 0 spiro atoms. The highest BCUT2D eigenvalue weighted by Gasteiger charge is 2.36. The number of likely N-dealkylation sites (tertiary alicyclic amines) is 2. The molecule has 4 rings (SSSR count). The van der Waals surface area contributed by atoms with Crippen molar-refractivity contribution in [3.63, 3.8) is 0 Å². The maximum atomic E-state index is 12.1. The van der Waals surface area contributed by atoms with E-state index in [1.54, 1.807) is 0 Å². The zero-order valence-corrected chi connectivity index (χ0v) is 18.1. The Labute approximate surface area is 180 Å². The quantitative estimate of drug-likeness (QED) is 0.646. The van der Waals surface area contributed by atoms with Crippen LogP contribution in [0.15, 0.2) is 60.7 Å². The van der Waals surface area contributed by atoms with Crippen LogP contribution < -0.4 is 0 Å². The first kappa shape index (κ1) is 21.1. The lowest BCUT2D eigenvalue weighted by atomic mass is 9.87. The van der Waals surface area contributed by atoms with Crippen molar-refractivity contribution in [1.29, 1.82) is 0 Å². The first-order valence-corrected chi connectivity index (χ1v) is 11.4. The van der Waals surface area contributed by atoms with E-state index in [1.165, 1.54) is 11.1 Å². The predicted octanol–water partition coefficient (Wildman–Crippen LogP) is 4.18. The Morgan fingerprint density at radius 3 is 2.27 bits per heavy atom. The molecule has 2 aromatic rings. The average molecular weight is 407 g/mol. The summed E-state index contributed by atoms with van der Waals surface area (Å²) in [6.07, 6.45) is 1.85. The lowest BCUT2D eigenvalue weighted by Crippen LogP contribution is -2.40. The first-order valence-electron chi connectivity index (χ1n) is 11.4. The minimum atomic E-state index is -0.00536. The lowest BCUT2D eigenvalue weighted by molar-refractivity contribution is -0.149. The van der Waals surface area contributed by atoms with E-state index in [0.717, 1.165) is 52.1 Å². The summed E-state index contributed by atoms with van der Waals surface area (Å²) >= 11 is 0. The normalized spacial score (nSPS) is 23.5. The number of hydrogen-bond acceptors (Lipinski definition) is 4. The molecule has 2 fully saturated rings. The first-order chi connectivity index (χ1) is 14.7. The largest absolute Gasteiger partial charge is 0.466 e. The van der Waals surface area contributed by atoms with Gasteiger partial charge in [0.05, 0.1) is 12.5 Å². The Morgan fingerprint density at radius 1 is 0.933 bits per heavy atom. The fraction of sp³-hybridized carbons (Fsp3) is 0.500. The Balaban J connectivity index is 1.39. The summed E-state index contributed by atoms with van der Waals surface area (Å²) in [5, 5.41) is 0. The summed E-state index contributed by atoms with van der Waals surface area (Å²) in [5.74, 6) is 1.27. The van der Waals surface area contributed by atoms with Crippen LogP contribution in [0, 0.1) is 11.8 Å². The molecule has 30 heavy (non-hydrogen) atoms. The third-order valence-electron chi connectivity index (χ3n) is 6.69. The van der Waals surface area contributed by atoms with E-state index < -0.39 is 0 Å². The fourth-order valence-corrected chi connectivity index (χ4v) is 5.14. The Morgan fingerprint density at radius 2 is 1.60 bits per heavy atom. The molecule has 0 radical (unpaired) electrons. The van der Waals surface area contributed by atoms with Crippen molar-refractivity contribution >= 4 is 5.97 Å². The van der Waals surface area contributed by atoms with Crippen LogP contribution in [0.3, 0.4) is 0 Å². The molecule has 160 valence electrons. The van der Waals surface area contributed by atoms with Crippen molar-refractivity contribution in [2.45, 2.75) is 32.2 Å². The standard InChI is InChI=1S/C26H34N2O2/c1-2-30-26(29)23-13-15-27(16-14-23)18-24-19-28(17-21-9-5-3-6-10-21)20-25(24)22-11-7-4-8-12-22/h3-12,23-25H,2,13-20H2,1H3/t24-,25+/m0/s1. The zero-order chi connectivity index (χ0) is 20.8. The van der Waals surface area contributed by atoms with Gasteiger partial charge in [-0.1, -0.05) is 60.7 Å². The highest BCUT2D eigenvalue weighted by Crippen LogP contribution is 2.35. The summed E-state index contributed by atoms with van der Waals surface area (Å²) in [5.41, 5.74) is 2.85. The molecule has 0 bridgehead atoms. The molecule has 2 aliphatic rings. The third kappa shape index (κ3) is 5.30. The fourth-order valence-electron chi connectivity index (χ4n) is 5.14. The Hall–Kier alpha value is -2.17. The maximum Gasteiger partial charge on any atom is 0.309 e. The molecule has 4 nitrogen and oxygen atoms in total. The topological polar surface area (TPSA) is 32.8 Å². The maximum absolute atomic E-state index is 12.1. The van der Waals surface area contributed by atoms with Gasteiger partial charge in [0, 0.05) is 32.1 Å². The van der Waals surface area contributed by atoms with Gasteiger partial charge in [0.2, 0.25) is 0 Å². The number of benzene rings is 2. The van der Waals surface area contributed by atoms with Crippen molar-refractivity contribution in [2.24, 2.45) is 11.8 Å².